The van der Waals surface area contributed by atoms with E-state index in [0.717, 1.165) is 33.8 Å². The molecule has 0 aliphatic heterocycles. The van der Waals surface area contributed by atoms with E-state index in [1.54, 1.807) is 12.1 Å². The molecule has 126 valence electrons. The Morgan fingerprint density at radius 3 is 2.80 bits per heavy atom. The van der Waals surface area contributed by atoms with Gasteiger partial charge in [0.15, 0.2) is 5.82 Å². The molecule has 4 aromatic rings. The van der Waals surface area contributed by atoms with Crippen LogP contribution in [0.2, 0.25) is 5.02 Å². The summed E-state index contributed by atoms with van der Waals surface area (Å²) >= 11 is 6.23. The van der Waals surface area contributed by atoms with Crippen LogP contribution in [-0.2, 0) is 0 Å². The average Bonchev–Trinajstić information content (AvgIpc) is 3.27. The highest BCUT2D eigenvalue weighted by molar-refractivity contribution is 6.32. The third-order valence-corrected chi connectivity index (χ3v) is 4.09. The fourth-order valence-electron chi connectivity index (χ4n) is 2.60. The van der Waals surface area contributed by atoms with E-state index in [0.29, 0.717) is 10.8 Å². The number of nitrogens with zero attached hydrogens (tertiary/aromatic N) is 2. The zero-order valence-electron chi connectivity index (χ0n) is 13.2. The van der Waals surface area contributed by atoms with E-state index in [1.165, 1.54) is 0 Å². The molecule has 0 fully saturated rings. The van der Waals surface area contributed by atoms with Crippen molar-refractivity contribution in [3.63, 3.8) is 0 Å². The summed E-state index contributed by atoms with van der Waals surface area (Å²) in [6.45, 7) is 0.149. The van der Waals surface area contributed by atoms with Crippen molar-refractivity contribution in [2.75, 3.05) is 13.2 Å². The minimum Gasteiger partial charge on any atom is -0.490 e. The van der Waals surface area contributed by atoms with Crippen LogP contribution in [0.4, 0.5) is 0 Å². The maximum Gasteiger partial charge on any atom is 0.156 e. The number of para-hydroxylation sites is 2. The summed E-state index contributed by atoms with van der Waals surface area (Å²) in [6.07, 6.45) is 0. The van der Waals surface area contributed by atoms with Crippen molar-refractivity contribution in [1.29, 1.82) is 0 Å². The van der Waals surface area contributed by atoms with Gasteiger partial charge in [0, 0.05) is 5.56 Å². The molecule has 0 unspecified atom stereocenters. The first-order valence-electron chi connectivity index (χ1n) is 7.79. The fraction of sp³-hybridized carbons (Fsp3) is 0.111. The molecule has 2 heterocycles. The van der Waals surface area contributed by atoms with Gasteiger partial charge in [-0.05, 0) is 36.4 Å². The van der Waals surface area contributed by atoms with Crippen molar-refractivity contribution in [2.45, 2.75) is 0 Å². The van der Waals surface area contributed by atoms with Gasteiger partial charge in [0.05, 0.1) is 28.4 Å². The minimum absolute atomic E-state index is 0.0572. The highest BCUT2D eigenvalue weighted by Crippen LogP contribution is 2.31. The lowest BCUT2D eigenvalue weighted by atomic mass is 10.1. The molecule has 2 aromatic carbocycles. The van der Waals surface area contributed by atoms with E-state index in [1.807, 2.05) is 36.4 Å². The van der Waals surface area contributed by atoms with Gasteiger partial charge in [-0.1, -0.05) is 23.7 Å². The number of rotatable bonds is 5. The molecule has 0 bridgehead atoms. The summed E-state index contributed by atoms with van der Waals surface area (Å²) in [7, 11) is 0. The number of H-pyrrole nitrogens is 2. The Morgan fingerprint density at radius 1 is 1.12 bits per heavy atom. The quantitative estimate of drug-likeness (QED) is 0.510. The minimum atomic E-state index is -0.0572. The number of aromatic nitrogens is 4. The number of ether oxygens (including phenoxy) is 1. The second-order valence-electron chi connectivity index (χ2n) is 5.49. The van der Waals surface area contributed by atoms with Crippen molar-refractivity contribution in [3.8, 4) is 28.5 Å². The van der Waals surface area contributed by atoms with Crippen LogP contribution in [0.1, 0.15) is 0 Å². The first kappa shape index (κ1) is 15.7. The molecule has 3 N–H and O–H groups in total. The molecule has 0 aliphatic rings. The van der Waals surface area contributed by atoms with E-state index >= 15 is 0 Å². The zero-order chi connectivity index (χ0) is 17.2. The number of imidazole rings is 1. The van der Waals surface area contributed by atoms with Gasteiger partial charge in [-0.15, -0.1) is 0 Å². The van der Waals surface area contributed by atoms with Crippen molar-refractivity contribution < 1.29 is 9.84 Å². The van der Waals surface area contributed by atoms with Crippen LogP contribution in [0.5, 0.6) is 5.75 Å². The first-order chi connectivity index (χ1) is 12.2. The highest BCUT2D eigenvalue weighted by Gasteiger charge is 2.11. The molecule has 7 heteroatoms. The van der Waals surface area contributed by atoms with Crippen LogP contribution >= 0.6 is 11.6 Å². The molecular weight excluding hydrogens is 340 g/mol. The number of aliphatic hydroxyl groups excluding tert-OH is 1. The Bertz CT molecular complexity index is 992. The van der Waals surface area contributed by atoms with Gasteiger partial charge in [-0.25, -0.2) is 4.98 Å². The lowest BCUT2D eigenvalue weighted by Gasteiger charge is -2.07. The number of benzene rings is 2. The topological polar surface area (TPSA) is 86.8 Å². The maximum atomic E-state index is 8.82. The molecule has 0 amide bonds. The van der Waals surface area contributed by atoms with Crippen LogP contribution in [-0.4, -0.2) is 38.5 Å². The molecule has 0 saturated carbocycles. The summed E-state index contributed by atoms with van der Waals surface area (Å²) in [5, 5.41) is 16.6. The van der Waals surface area contributed by atoms with Crippen LogP contribution in [0, 0.1) is 0 Å². The van der Waals surface area contributed by atoms with Crippen LogP contribution in [0.25, 0.3) is 33.8 Å². The standard InChI is InChI=1S/C18H15ClN4O2/c19-12-9-11(5-6-17(12)25-8-7-24)15-10-16(23-22-15)18-20-13-3-1-2-4-14(13)21-18/h1-6,9-10,24H,7-8H2,(H,20,21)(H,22,23). The Labute approximate surface area is 148 Å². The number of halogens is 1. The van der Waals surface area contributed by atoms with E-state index in [4.69, 9.17) is 21.4 Å². The van der Waals surface area contributed by atoms with E-state index < -0.39 is 0 Å². The van der Waals surface area contributed by atoms with Crippen LogP contribution < -0.4 is 4.74 Å². The van der Waals surface area contributed by atoms with Gasteiger partial charge < -0.3 is 14.8 Å². The molecule has 0 atom stereocenters. The van der Waals surface area contributed by atoms with Crippen LogP contribution in [0.15, 0.2) is 48.5 Å². The first-order valence-corrected chi connectivity index (χ1v) is 8.16. The highest BCUT2D eigenvalue weighted by atomic mass is 35.5. The predicted molar refractivity (Wildman–Crippen MR) is 96.7 cm³/mol. The van der Waals surface area contributed by atoms with Crippen molar-refractivity contribution >= 4 is 22.6 Å². The maximum absolute atomic E-state index is 8.82. The monoisotopic (exact) mass is 354 g/mol. The largest absolute Gasteiger partial charge is 0.490 e. The number of aromatic amines is 2. The molecule has 0 saturated heterocycles. The second-order valence-corrected chi connectivity index (χ2v) is 5.89. The molecular formula is C18H15ClN4O2. The third kappa shape index (κ3) is 3.09. The van der Waals surface area contributed by atoms with E-state index in [9.17, 15) is 0 Å². The van der Waals surface area contributed by atoms with Crippen LogP contribution in [0.3, 0.4) is 0 Å². The number of hydrogen-bond donors (Lipinski definition) is 3. The van der Waals surface area contributed by atoms with Gasteiger partial charge in [0.1, 0.15) is 18.1 Å². The average molecular weight is 355 g/mol. The fourth-order valence-corrected chi connectivity index (χ4v) is 2.84. The van der Waals surface area contributed by atoms with Gasteiger partial charge in [-0.3, -0.25) is 5.10 Å². The number of aliphatic hydroxyl groups is 1. The smallest absolute Gasteiger partial charge is 0.156 e. The molecule has 0 radical (unpaired) electrons. The summed E-state index contributed by atoms with van der Waals surface area (Å²) in [6, 6.07) is 15.2. The molecule has 25 heavy (non-hydrogen) atoms. The van der Waals surface area contributed by atoms with E-state index in [-0.39, 0.29) is 13.2 Å². The number of hydrogen-bond acceptors (Lipinski definition) is 4. The van der Waals surface area contributed by atoms with E-state index in [2.05, 4.69) is 20.2 Å². The summed E-state index contributed by atoms with van der Waals surface area (Å²) in [5.41, 5.74) is 4.29. The van der Waals surface area contributed by atoms with Crippen molar-refractivity contribution in [1.82, 2.24) is 20.2 Å². The Kier molecular flexibility index (Phi) is 4.13. The second kappa shape index (κ2) is 6.58. The molecule has 0 aliphatic carbocycles. The van der Waals surface area contributed by atoms with Crippen molar-refractivity contribution in [3.05, 3.63) is 53.6 Å². The summed E-state index contributed by atoms with van der Waals surface area (Å²) in [4.78, 5) is 7.83. The van der Waals surface area contributed by atoms with Gasteiger partial charge in [-0.2, -0.15) is 5.10 Å². The summed E-state index contributed by atoms with van der Waals surface area (Å²) in [5.74, 6) is 1.27. The van der Waals surface area contributed by atoms with Crippen molar-refractivity contribution in [2.24, 2.45) is 0 Å². The number of nitrogens with one attached hydrogen (secondary N) is 2. The normalized spacial score (nSPS) is 11.1. The van der Waals surface area contributed by atoms with Gasteiger partial charge in [0.25, 0.3) is 0 Å². The zero-order valence-corrected chi connectivity index (χ0v) is 13.9. The molecule has 2 aromatic heterocycles. The Hall–Kier alpha value is -2.83. The lowest BCUT2D eigenvalue weighted by Crippen LogP contribution is -2.01. The molecule has 4 rings (SSSR count). The third-order valence-electron chi connectivity index (χ3n) is 3.80. The number of fused-ring (bicyclic) bond motifs is 1. The SMILES string of the molecule is OCCOc1ccc(-c2cc(-c3nc4ccccc4[nH]3)[nH]n2)cc1Cl. The molecule has 0 spiro atoms. The molecule has 6 nitrogen and oxygen atoms in total. The Morgan fingerprint density at radius 2 is 2.00 bits per heavy atom. The predicted octanol–water partition coefficient (Wildman–Crippen LogP) is 3.64. The lowest BCUT2D eigenvalue weighted by molar-refractivity contribution is 0.201. The summed E-state index contributed by atoms with van der Waals surface area (Å²) < 4.78 is 5.36. The van der Waals surface area contributed by atoms with Gasteiger partial charge >= 0.3 is 0 Å². The van der Waals surface area contributed by atoms with Gasteiger partial charge in [0.2, 0.25) is 0 Å². The Balaban J connectivity index is 1.63.